The summed E-state index contributed by atoms with van der Waals surface area (Å²) in [5.41, 5.74) is 1.80. The molecule has 25 heavy (non-hydrogen) atoms. The van der Waals surface area contributed by atoms with Crippen LogP contribution in [0.25, 0.3) is 6.08 Å². The molecule has 128 valence electrons. The molecule has 0 aromatic heterocycles. The second kappa shape index (κ2) is 7.66. The summed E-state index contributed by atoms with van der Waals surface area (Å²) >= 11 is 0. The fourth-order valence-corrected chi connectivity index (χ4v) is 2.38. The molecule has 0 unspecified atom stereocenters. The first kappa shape index (κ1) is 16.8. The molecule has 3 rings (SSSR count). The van der Waals surface area contributed by atoms with Crippen LogP contribution in [0.2, 0.25) is 0 Å². The molecule has 0 N–H and O–H groups in total. The van der Waals surface area contributed by atoms with Gasteiger partial charge in [0.25, 0.3) is 0 Å². The second-order valence-electron chi connectivity index (χ2n) is 5.46. The molecular weight excluding hydrogens is 318 g/mol. The molecule has 1 aliphatic heterocycles. The first-order valence-electron chi connectivity index (χ1n) is 8.10. The van der Waals surface area contributed by atoms with Gasteiger partial charge in [-0.25, -0.2) is 9.79 Å². The fourth-order valence-electron chi connectivity index (χ4n) is 2.38. The van der Waals surface area contributed by atoms with Crippen LogP contribution in [-0.4, -0.2) is 25.6 Å². The van der Waals surface area contributed by atoms with E-state index in [9.17, 15) is 4.79 Å². The highest BCUT2D eigenvalue weighted by Gasteiger charge is 2.24. The highest BCUT2D eigenvalue weighted by Crippen LogP contribution is 2.29. The van der Waals surface area contributed by atoms with Crippen LogP contribution < -0.4 is 9.47 Å². The number of carbonyl (C=O) groups is 1. The lowest BCUT2D eigenvalue weighted by Gasteiger charge is -2.10. The summed E-state index contributed by atoms with van der Waals surface area (Å²) in [6, 6.07) is 14.8. The monoisotopic (exact) mass is 337 g/mol. The number of hydrogen-bond acceptors (Lipinski definition) is 5. The maximum Gasteiger partial charge on any atom is 0.363 e. The maximum absolute atomic E-state index is 12.1. The van der Waals surface area contributed by atoms with Gasteiger partial charge in [0.2, 0.25) is 5.90 Å². The maximum atomic E-state index is 12.1. The average Bonchev–Trinajstić information content (AvgIpc) is 3.02. The Bertz CT molecular complexity index is 825. The van der Waals surface area contributed by atoms with Crippen molar-refractivity contribution in [3.63, 3.8) is 0 Å². The van der Waals surface area contributed by atoms with Crippen molar-refractivity contribution < 1.29 is 19.0 Å². The molecule has 0 saturated heterocycles. The fraction of sp³-hybridized carbons (Fsp3) is 0.200. The Morgan fingerprint density at radius 3 is 2.64 bits per heavy atom. The third kappa shape index (κ3) is 3.88. The Kier molecular flexibility index (Phi) is 5.14. The van der Waals surface area contributed by atoms with E-state index >= 15 is 0 Å². The summed E-state index contributed by atoms with van der Waals surface area (Å²) in [6.45, 7) is 2.66. The van der Waals surface area contributed by atoms with Crippen molar-refractivity contribution in [3.05, 3.63) is 65.4 Å². The smallest absolute Gasteiger partial charge is 0.363 e. The van der Waals surface area contributed by atoms with Gasteiger partial charge < -0.3 is 14.2 Å². The Balaban J connectivity index is 1.87. The van der Waals surface area contributed by atoms with Gasteiger partial charge in [-0.3, -0.25) is 0 Å². The van der Waals surface area contributed by atoms with E-state index in [2.05, 4.69) is 4.99 Å². The zero-order valence-electron chi connectivity index (χ0n) is 14.2. The van der Waals surface area contributed by atoms with Gasteiger partial charge in [-0.2, -0.15) is 0 Å². The summed E-state index contributed by atoms with van der Waals surface area (Å²) in [6.07, 6.45) is 2.59. The minimum atomic E-state index is -0.468. The van der Waals surface area contributed by atoms with E-state index < -0.39 is 5.97 Å². The van der Waals surface area contributed by atoms with E-state index in [-0.39, 0.29) is 5.70 Å². The Labute approximate surface area is 146 Å². The molecule has 2 aromatic carbocycles. The topological polar surface area (TPSA) is 57.1 Å². The number of benzene rings is 2. The van der Waals surface area contributed by atoms with E-state index in [1.165, 1.54) is 0 Å². The number of esters is 1. The van der Waals surface area contributed by atoms with Gasteiger partial charge in [-0.05, 0) is 42.3 Å². The van der Waals surface area contributed by atoms with E-state index in [0.717, 1.165) is 17.5 Å². The van der Waals surface area contributed by atoms with E-state index in [4.69, 9.17) is 14.2 Å². The SMILES string of the molecule is CCCOc1ccc(/C=C2/N=C(c3ccccc3)OC2=O)cc1OC. The zero-order chi connectivity index (χ0) is 17.6. The van der Waals surface area contributed by atoms with E-state index in [1.54, 1.807) is 19.3 Å². The molecule has 0 bridgehead atoms. The molecule has 5 heteroatoms. The molecule has 0 atom stereocenters. The van der Waals surface area contributed by atoms with Crippen molar-refractivity contribution in [1.82, 2.24) is 0 Å². The number of ether oxygens (including phenoxy) is 3. The first-order chi connectivity index (χ1) is 12.2. The zero-order valence-corrected chi connectivity index (χ0v) is 14.2. The minimum absolute atomic E-state index is 0.253. The molecule has 0 saturated carbocycles. The largest absolute Gasteiger partial charge is 0.493 e. The molecule has 5 nitrogen and oxygen atoms in total. The Morgan fingerprint density at radius 1 is 1.12 bits per heavy atom. The molecule has 0 fully saturated rings. The van der Waals surface area contributed by atoms with Crippen LogP contribution in [0.15, 0.2) is 59.2 Å². The molecule has 1 heterocycles. The summed E-state index contributed by atoms with van der Waals surface area (Å²) < 4.78 is 16.2. The lowest BCUT2D eigenvalue weighted by molar-refractivity contribution is -0.129. The van der Waals surface area contributed by atoms with E-state index in [1.807, 2.05) is 49.4 Å². The highest BCUT2D eigenvalue weighted by molar-refractivity contribution is 6.12. The lowest BCUT2D eigenvalue weighted by Crippen LogP contribution is -2.04. The van der Waals surface area contributed by atoms with Crippen LogP contribution in [0.1, 0.15) is 24.5 Å². The number of nitrogens with zero attached hydrogens (tertiary/aromatic N) is 1. The van der Waals surface area contributed by atoms with Gasteiger partial charge in [0.15, 0.2) is 17.2 Å². The summed E-state index contributed by atoms with van der Waals surface area (Å²) in [5, 5.41) is 0. The van der Waals surface area contributed by atoms with Crippen molar-refractivity contribution in [3.8, 4) is 11.5 Å². The minimum Gasteiger partial charge on any atom is -0.493 e. The molecule has 0 aliphatic carbocycles. The quantitative estimate of drug-likeness (QED) is 0.594. The molecule has 1 aliphatic rings. The first-order valence-corrected chi connectivity index (χ1v) is 8.10. The molecule has 2 aromatic rings. The van der Waals surface area contributed by atoms with Crippen LogP contribution in [-0.2, 0) is 9.53 Å². The summed E-state index contributed by atoms with van der Waals surface area (Å²) in [5.74, 6) is 1.13. The molecular formula is C20H19NO4. The number of cyclic esters (lactones) is 1. The van der Waals surface area contributed by atoms with Crippen molar-refractivity contribution in [1.29, 1.82) is 0 Å². The standard InChI is InChI=1S/C20H19NO4/c1-3-11-24-17-10-9-14(13-18(17)23-2)12-16-20(22)25-19(21-16)15-7-5-4-6-8-15/h4-10,12-13H,3,11H2,1-2H3/b16-12+. The van der Waals surface area contributed by atoms with Crippen LogP contribution >= 0.6 is 0 Å². The van der Waals surface area contributed by atoms with Gasteiger partial charge in [0.05, 0.1) is 13.7 Å². The molecule has 0 spiro atoms. The van der Waals surface area contributed by atoms with Crippen LogP contribution in [0.3, 0.4) is 0 Å². The van der Waals surface area contributed by atoms with Crippen molar-refractivity contribution in [2.45, 2.75) is 13.3 Å². The number of methoxy groups -OCH3 is 1. The lowest BCUT2D eigenvalue weighted by atomic mass is 10.1. The average molecular weight is 337 g/mol. The number of rotatable bonds is 6. The van der Waals surface area contributed by atoms with Gasteiger partial charge in [-0.15, -0.1) is 0 Å². The van der Waals surface area contributed by atoms with Crippen LogP contribution in [0.4, 0.5) is 0 Å². The predicted molar refractivity (Wildman–Crippen MR) is 95.8 cm³/mol. The Hall–Kier alpha value is -3.08. The summed E-state index contributed by atoms with van der Waals surface area (Å²) in [4.78, 5) is 16.4. The normalized spacial score (nSPS) is 15.0. The summed E-state index contributed by atoms with van der Waals surface area (Å²) in [7, 11) is 1.58. The number of carbonyl (C=O) groups excluding carboxylic acids is 1. The third-order valence-electron chi connectivity index (χ3n) is 3.59. The van der Waals surface area contributed by atoms with Gasteiger partial charge in [-0.1, -0.05) is 31.2 Å². The van der Waals surface area contributed by atoms with Gasteiger partial charge >= 0.3 is 5.97 Å². The van der Waals surface area contributed by atoms with Gasteiger partial charge in [0.1, 0.15) is 0 Å². The third-order valence-corrected chi connectivity index (χ3v) is 3.59. The Morgan fingerprint density at radius 2 is 1.92 bits per heavy atom. The van der Waals surface area contributed by atoms with Gasteiger partial charge in [0, 0.05) is 5.56 Å². The van der Waals surface area contributed by atoms with Crippen LogP contribution in [0.5, 0.6) is 11.5 Å². The molecule has 0 radical (unpaired) electrons. The van der Waals surface area contributed by atoms with Crippen molar-refractivity contribution >= 4 is 17.9 Å². The van der Waals surface area contributed by atoms with Crippen molar-refractivity contribution in [2.24, 2.45) is 4.99 Å². The number of aliphatic imine (C=N–C) groups is 1. The molecule has 0 amide bonds. The highest BCUT2D eigenvalue weighted by atomic mass is 16.6. The number of hydrogen-bond donors (Lipinski definition) is 0. The van der Waals surface area contributed by atoms with Crippen LogP contribution in [0, 0.1) is 0 Å². The predicted octanol–water partition coefficient (Wildman–Crippen LogP) is 3.83. The van der Waals surface area contributed by atoms with Crippen molar-refractivity contribution in [2.75, 3.05) is 13.7 Å². The second-order valence-corrected chi connectivity index (χ2v) is 5.46. The van der Waals surface area contributed by atoms with E-state index in [0.29, 0.717) is 24.0 Å².